The molecule has 0 saturated heterocycles. The number of hydrogen-bond acceptors (Lipinski definition) is 5. The number of thiocarbonyl (C=S) groups is 1. The number of rotatable bonds is 5. The molecule has 4 rings (SSSR count). The lowest BCUT2D eigenvalue weighted by atomic mass is 10.0. The molecule has 2 aliphatic rings. The Balaban J connectivity index is 1.56. The maximum Gasteiger partial charge on any atom is 0.276 e. The van der Waals surface area contributed by atoms with Crippen molar-refractivity contribution in [2.45, 2.75) is 12.5 Å². The molecule has 2 heterocycles. The van der Waals surface area contributed by atoms with E-state index in [4.69, 9.17) is 26.4 Å². The van der Waals surface area contributed by atoms with E-state index in [9.17, 15) is 4.79 Å². The molecule has 2 aromatic carbocycles. The van der Waals surface area contributed by atoms with Gasteiger partial charge in [0.1, 0.15) is 23.0 Å². The highest BCUT2D eigenvalue weighted by molar-refractivity contribution is 7.80. The van der Waals surface area contributed by atoms with Gasteiger partial charge in [0.25, 0.3) is 5.91 Å². The maximum absolute atomic E-state index is 13.0. The Morgan fingerprint density at radius 3 is 2.78 bits per heavy atom. The molecule has 0 spiro atoms. The standard InChI is InChI=1S/C20H18N2O4S/c1-24-13-7-8-15(25-2)12(11-13)9-10-22-19(23)18-17(21-20(22)27)14-5-3-4-6-16(14)26-18/h3-8,11,18H,9-10H2,1-2H3. The van der Waals surface area contributed by atoms with E-state index in [1.807, 2.05) is 42.5 Å². The van der Waals surface area contributed by atoms with Gasteiger partial charge >= 0.3 is 0 Å². The Kier molecular flexibility index (Phi) is 4.53. The van der Waals surface area contributed by atoms with Gasteiger partial charge in [-0.05, 0) is 54.5 Å². The third-order valence-electron chi connectivity index (χ3n) is 4.69. The predicted octanol–water partition coefficient (Wildman–Crippen LogP) is 2.62. The van der Waals surface area contributed by atoms with Crippen LogP contribution in [0.3, 0.4) is 0 Å². The molecule has 6 nitrogen and oxygen atoms in total. The highest BCUT2D eigenvalue weighted by Gasteiger charge is 2.42. The van der Waals surface area contributed by atoms with Crippen LogP contribution in [-0.4, -0.2) is 48.5 Å². The first kappa shape index (κ1) is 17.5. The molecule has 1 amide bonds. The number of carbonyl (C=O) groups is 1. The number of benzene rings is 2. The molecule has 2 aromatic rings. The molecular formula is C20H18N2O4S. The fraction of sp³-hybridized carbons (Fsp3) is 0.250. The van der Waals surface area contributed by atoms with E-state index in [1.165, 1.54) is 4.90 Å². The van der Waals surface area contributed by atoms with E-state index >= 15 is 0 Å². The minimum Gasteiger partial charge on any atom is -0.497 e. The number of methoxy groups -OCH3 is 2. The van der Waals surface area contributed by atoms with Gasteiger partial charge in [-0.15, -0.1) is 0 Å². The van der Waals surface area contributed by atoms with Crippen LogP contribution in [0.2, 0.25) is 0 Å². The molecule has 0 saturated carbocycles. The molecule has 0 bridgehead atoms. The van der Waals surface area contributed by atoms with Gasteiger partial charge in [0, 0.05) is 12.1 Å². The lowest BCUT2D eigenvalue weighted by Crippen LogP contribution is -2.50. The van der Waals surface area contributed by atoms with Crippen molar-refractivity contribution in [2.24, 2.45) is 4.99 Å². The molecule has 27 heavy (non-hydrogen) atoms. The Labute approximate surface area is 162 Å². The van der Waals surface area contributed by atoms with Crippen molar-refractivity contribution in [3.05, 3.63) is 53.6 Å². The summed E-state index contributed by atoms with van der Waals surface area (Å²) in [6.45, 7) is 0.383. The van der Waals surface area contributed by atoms with Crippen LogP contribution in [0.5, 0.6) is 17.2 Å². The first-order valence-electron chi connectivity index (χ1n) is 8.53. The number of para-hydroxylation sites is 1. The summed E-state index contributed by atoms with van der Waals surface area (Å²) >= 11 is 5.39. The fourth-order valence-corrected chi connectivity index (χ4v) is 3.59. The van der Waals surface area contributed by atoms with Crippen LogP contribution in [0.4, 0.5) is 0 Å². The minimum atomic E-state index is -0.735. The monoisotopic (exact) mass is 382 g/mol. The topological polar surface area (TPSA) is 60.4 Å². The summed E-state index contributed by atoms with van der Waals surface area (Å²) in [6, 6.07) is 13.1. The number of fused-ring (bicyclic) bond motifs is 3. The normalized spacial score (nSPS) is 17.8. The summed E-state index contributed by atoms with van der Waals surface area (Å²) in [5, 5.41) is 0.258. The van der Waals surface area contributed by atoms with E-state index < -0.39 is 6.10 Å². The number of ether oxygens (including phenoxy) is 3. The number of aliphatic imine (C=N–C) groups is 1. The van der Waals surface area contributed by atoms with Crippen molar-refractivity contribution in [1.82, 2.24) is 4.90 Å². The average Bonchev–Trinajstić information content (AvgIpc) is 3.06. The van der Waals surface area contributed by atoms with E-state index in [0.29, 0.717) is 24.4 Å². The summed E-state index contributed by atoms with van der Waals surface area (Å²) in [4.78, 5) is 18.9. The molecule has 138 valence electrons. The average molecular weight is 382 g/mol. The smallest absolute Gasteiger partial charge is 0.276 e. The van der Waals surface area contributed by atoms with Crippen molar-refractivity contribution in [2.75, 3.05) is 20.8 Å². The second kappa shape index (κ2) is 7.00. The highest BCUT2D eigenvalue weighted by Crippen LogP contribution is 2.32. The summed E-state index contributed by atoms with van der Waals surface area (Å²) in [5.41, 5.74) is 2.35. The maximum atomic E-state index is 13.0. The lowest BCUT2D eigenvalue weighted by Gasteiger charge is -2.28. The summed E-state index contributed by atoms with van der Waals surface area (Å²) < 4.78 is 16.5. The molecule has 0 fully saturated rings. The fourth-order valence-electron chi connectivity index (χ4n) is 3.31. The van der Waals surface area contributed by atoms with Crippen molar-refractivity contribution in [1.29, 1.82) is 0 Å². The summed E-state index contributed by atoms with van der Waals surface area (Å²) in [5.74, 6) is 1.94. The third-order valence-corrected chi connectivity index (χ3v) is 5.00. The minimum absolute atomic E-state index is 0.192. The van der Waals surface area contributed by atoms with Gasteiger partial charge in [-0.3, -0.25) is 9.69 Å². The van der Waals surface area contributed by atoms with Gasteiger partial charge in [-0.1, -0.05) is 12.1 Å². The molecule has 7 heteroatoms. The molecular weight excluding hydrogens is 364 g/mol. The van der Waals surface area contributed by atoms with Crippen molar-refractivity contribution in [3.8, 4) is 17.2 Å². The Hall–Kier alpha value is -2.93. The zero-order valence-electron chi connectivity index (χ0n) is 15.0. The van der Waals surface area contributed by atoms with Crippen LogP contribution >= 0.6 is 12.2 Å². The predicted molar refractivity (Wildman–Crippen MR) is 105 cm³/mol. The number of nitrogens with zero attached hydrogens (tertiary/aromatic N) is 2. The summed E-state index contributed by atoms with van der Waals surface area (Å²) in [7, 11) is 3.22. The number of amides is 1. The van der Waals surface area contributed by atoms with Crippen LogP contribution in [0.1, 0.15) is 11.1 Å². The number of carbonyl (C=O) groups excluding carboxylic acids is 1. The lowest BCUT2D eigenvalue weighted by molar-refractivity contribution is -0.131. The van der Waals surface area contributed by atoms with Crippen molar-refractivity contribution in [3.63, 3.8) is 0 Å². The van der Waals surface area contributed by atoms with Crippen LogP contribution in [0, 0.1) is 0 Å². The van der Waals surface area contributed by atoms with Gasteiger partial charge in [0.2, 0.25) is 11.2 Å². The van der Waals surface area contributed by atoms with E-state index in [0.717, 1.165) is 22.6 Å². The van der Waals surface area contributed by atoms with Gasteiger partial charge < -0.3 is 14.2 Å². The molecule has 0 aliphatic carbocycles. The largest absolute Gasteiger partial charge is 0.497 e. The third kappa shape index (κ3) is 3.04. The number of hydrogen-bond donors (Lipinski definition) is 0. The SMILES string of the molecule is COc1ccc(OC)c(CCN2C(=O)C3Oc4ccccc4C3=NC2=S)c1. The van der Waals surface area contributed by atoms with Crippen LogP contribution in [0.15, 0.2) is 47.5 Å². The zero-order valence-corrected chi connectivity index (χ0v) is 15.8. The molecule has 0 radical (unpaired) electrons. The van der Waals surface area contributed by atoms with Gasteiger partial charge in [-0.2, -0.15) is 0 Å². The van der Waals surface area contributed by atoms with E-state index in [-0.39, 0.29) is 11.0 Å². The Morgan fingerprint density at radius 2 is 2.00 bits per heavy atom. The van der Waals surface area contributed by atoms with Gasteiger partial charge in [-0.25, -0.2) is 4.99 Å². The Bertz CT molecular complexity index is 957. The van der Waals surface area contributed by atoms with Crippen LogP contribution in [-0.2, 0) is 11.2 Å². The zero-order chi connectivity index (χ0) is 19.0. The highest BCUT2D eigenvalue weighted by atomic mass is 32.1. The van der Waals surface area contributed by atoms with E-state index in [2.05, 4.69) is 4.99 Å². The first-order valence-corrected chi connectivity index (χ1v) is 8.94. The molecule has 1 unspecified atom stereocenters. The first-order chi connectivity index (χ1) is 13.1. The van der Waals surface area contributed by atoms with Crippen molar-refractivity contribution < 1.29 is 19.0 Å². The van der Waals surface area contributed by atoms with Crippen LogP contribution < -0.4 is 14.2 Å². The summed E-state index contributed by atoms with van der Waals surface area (Å²) in [6.07, 6.45) is -0.183. The molecule has 2 aliphatic heterocycles. The molecule has 0 aromatic heterocycles. The van der Waals surface area contributed by atoms with Gasteiger partial charge in [0.05, 0.1) is 14.2 Å². The molecule has 1 atom stereocenters. The van der Waals surface area contributed by atoms with Crippen LogP contribution in [0.25, 0.3) is 0 Å². The van der Waals surface area contributed by atoms with E-state index in [1.54, 1.807) is 14.2 Å². The second-order valence-electron chi connectivity index (χ2n) is 6.19. The quantitative estimate of drug-likeness (QED) is 0.744. The van der Waals surface area contributed by atoms with Gasteiger partial charge in [0.15, 0.2) is 0 Å². The second-order valence-corrected chi connectivity index (χ2v) is 6.56. The van der Waals surface area contributed by atoms with Crippen molar-refractivity contribution >= 4 is 28.9 Å². The molecule has 0 N–H and O–H groups in total. The Morgan fingerprint density at radius 1 is 1.19 bits per heavy atom.